The van der Waals surface area contributed by atoms with E-state index in [0.29, 0.717) is 5.69 Å². The van der Waals surface area contributed by atoms with E-state index < -0.39 is 30.0 Å². The summed E-state index contributed by atoms with van der Waals surface area (Å²) in [6, 6.07) is 11.0. The van der Waals surface area contributed by atoms with Crippen molar-refractivity contribution in [2.24, 2.45) is 0 Å². The van der Waals surface area contributed by atoms with Gasteiger partial charge in [-0.25, -0.2) is 0 Å². The van der Waals surface area contributed by atoms with E-state index in [2.05, 4.69) is 5.32 Å². The first kappa shape index (κ1) is 15.4. The van der Waals surface area contributed by atoms with Crippen LogP contribution in [0.3, 0.4) is 0 Å². The number of anilines is 2. The van der Waals surface area contributed by atoms with Crippen molar-refractivity contribution in [3.8, 4) is 0 Å². The smallest absolute Gasteiger partial charge is 0.296 e. The quantitative estimate of drug-likeness (QED) is 0.733. The van der Waals surface area contributed by atoms with Gasteiger partial charge in [0.15, 0.2) is 0 Å². The molecular formula is C12H11NO6S2. The summed E-state index contributed by atoms with van der Waals surface area (Å²) in [5.74, 6) is 0. The Kier molecular flexibility index (Phi) is 4.01. The van der Waals surface area contributed by atoms with Crippen molar-refractivity contribution >= 4 is 31.6 Å². The summed E-state index contributed by atoms with van der Waals surface area (Å²) in [5.41, 5.74) is 0.314. The van der Waals surface area contributed by atoms with Crippen molar-refractivity contribution in [1.82, 2.24) is 0 Å². The molecule has 0 saturated carbocycles. The van der Waals surface area contributed by atoms with Crippen LogP contribution < -0.4 is 5.32 Å². The van der Waals surface area contributed by atoms with Gasteiger partial charge in [-0.2, -0.15) is 16.8 Å². The van der Waals surface area contributed by atoms with Crippen LogP contribution in [0, 0.1) is 0 Å². The second kappa shape index (κ2) is 5.45. The first-order valence-corrected chi connectivity index (χ1v) is 8.47. The molecule has 0 heterocycles. The molecule has 9 heteroatoms. The molecule has 0 spiro atoms. The van der Waals surface area contributed by atoms with Gasteiger partial charge < -0.3 is 5.32 Å². The number of para-hydroxylation sites is 1. The maximum atomic E-state index is 11.3. The van der Waals surface area contributed by atoms with Gasteiger partial charge in [-0.3, -0.25) is 9.11 Å². The molecule has 0 radical (unpaired) electrons. The van der Waals surface area contributed by atoms with Crippen molar-refractivity contribution in [2.75, 3.05) is 5.32 Å². The summed E-state index contributed by atoms with van der Waals surface area (Å²) in [5, 5.41) is 2.68. The van der Waals surface area contributed by atoms with E-state index in [-0.39, 0.29) is 5.69 Å². The van der Waals surface area contributed by atoms with Gasteiger partial charge >= 0.3 is 0 Å². The van der Waals surface area contributed by atoms with E-state index in [1.807, 2.05) is 0 Å². The number of benzene rings is 2. The van der Waals surface area contributed by atoms with Gasteiger partial charge in [-0.1, -0.05) is 18.2 Å². The van der Waals surface area contributed by atoms with Crippen molar-refractivity contribution < 1.29 is 25.9 Å². The first-order chi connectivity index (χ1) is 9.68. The van der Waals surface area contributed by atoms with Crippen LogP contribution in [0.4, 0.5) is 11.4 Å². The molecule has 7 nitrogen and oxygen atoms in total. The van der Waals surface area contributed by atoms with Gasteiger partial charge in [-0.15, -0.1) is 0 Å². The second-order valence-electron chi connectivity index (χ2n) is 4.10. The van der Waals surface area contributed by atoms with Crippen molar-refractivity contribution in [3.63, 3.8) is 0 Å². The second-order valence-corrected chi connectivity index (χ2v) is 6.91. The molecule has 0 atom stereocenters. The molecule has 21 heavy (non-hydrogen) atoms. The lowest BCUT2D eigenvalue weighted by atomic mass is 10.2. The SMILES string of the molecule is O=S(=O)(O)c1ccc(S(=O)(=O)O)c(Nc2ccccc2)c1. The molecule has 0 unspecified atom stereocenters. The molecule has 3 N–H and O–H groups in total. The highest BCUT2D eigenvalue weighted by molar-refractivity contribution is 7.86. The lowest BCUT2D eigenvalue weighted by Gasteiger charge is -2.11. The van der Waals surface area contributed by atoms with Crippen LogP contribution in [0.5, 0.6) is 0 Å². The fourth-order valence-electron chi connectivity index (χ4n) is 1.67. The van der Waals surface area contributed by atoms with E-state index in [9.17, 15) is 16.8 Å². The van der Waals surface area contributed by atoms with Gasteiger partial charge in [-0.05, 0) is 30.3 Å². The highest BCUT2D eigenvalue weighted by atomic mass is 32.2. The van der Waals surface area contributed by atoms with Gasteiger partial charge in [0, 0.05) is 5.69 Å². The molecular weight excluding hydrogens is 318 g/mol. The predicted octanol–water partition coefficient (Wildman–Crippen LogP) is 1.92. The fourth-order valence-corrected chi connectivity index (χ4v) is 2.80. The highest BCUT2D eigenvalue weighted by Gasteiger charge is 2.19. The lowest BCUT2D eigenvalue weighted by Crippen LogP contribution is -2.06. The minimum absolute atomic E-state index is 0.168. The minimum atomic E-state index is -4.55. The molecule has 0 amide bonds. The zero-order valence-corrected chi connectivity index (χ0v) is 12.1. The number of nitrogens with one attached hydrogen (secondary N) is 1. The van der Waals surface area contributed by atoms with E-state index in [0.717, 1.165) is 18.2 Å². The summed E-state index contributed by atoms with van der Waals surface area (Å²) < 4.78 is 63.0. The van der Waals surface area contributed by atoms with Gasteiger partial charge in [0.2, 0.25) is 0 Å². The zero-order valence-electron chi connectivity index (χ0n) is 10.5. The fraction of sp³-hybridized carbons (Fsp3) is 0. The topological polar surface area (TPSA) is 121 Å². The summed E-state index contributed by atoms with van der Waals surface area (Å²) in [7, 11) is -9.05. The van der Waals surface area contributed by atoms with Gasteiger partial charge in [0.05, 0.1) is 10.6 Å². The minimum Gasteiger partial charge on any atom is -0.354 e. The van der Waals surface area contributed by atoms with Crippen LogP contribution in [0.1, 0.15) is 0 Å². The standard InChI is InChI=1S/C12H11NO6S2/c14-20(15,16)10-6-7-12(21(17,18)19)11(8-10)13-9-4-2-1-3-5-9/h1-8,13H,(H,14,15,16)(H,17,18,19). The summed E-state index contributed by atoms with van der Waals surface area (Å²) in [4.78, 5) is -0.993. The Hall–Kier alpha value is -1.94. The van der Waals surface area contributed by atoms with E-state index in [1.54, 1.807) is 30.3 Å². The predicted molar refractivity (Wildman–Crippen MR) is 75.8 cm³/mol. The first-order valence-electron chi connectivity index (χ1n) is 5.59. The van der Waals surface area contributed by atoms with Gasteiger partial charge in [0.1, 0.15) is 4.90 Å². The molecule has 0 aromatic heterocycles. The maximum absolute atomic E-state index is 11.3. The third kappa shape index (κ3) is 3.79. The molecule has 2 aromatic rings. The van der Waals surface area contributed by atoms with Crippen LogP contribution in [-0.4, -0.2) is 25.9 Å². The van der Waals surface area contributed by atoms with Gasteiger partial charge in [0.25, 0.3) is 20.2 Å². The van der Waals surface area contributed by atoms with Crippen LogP contribution in [0.15, 0.2) is 58.3 Å². The molecule has 2 aromatic carbocycles. The molecule has 2 rings (SSSR count). The summed E-state index contributed by atoms with van der Waals surface area (Å²) >= 11 is 0. The highest BCUT2D eigenvalue weighted by Crippen LogP contribution is 2.27. The molecule has 0 saturated heterocycles. The summed E-state index contributed by atoms with van der Waals surface area (Å²) in [6.07, 6.45) is 0. The van der Waals surface area contributed by atoms with E-state index in [1.165, 1.54) is 0 Å². The lowest BCUT2D eigenvalue weighted by molar-refractivity contribution is 0.479. The molecule has 0 bridgehead atoms. The van der Waals surface area contributed by atoms with Crippen LogP contribution in [-0.2, 0) is 20.2 Å². The van der Waals surface area contributed by atoms with Crippen LogP contribution in [0.2, 0.25) is 0 Å². The Morgan fingerprint density at radius 3 is 1.95 bits per heavy atom. The van der Waals surface area contributed by atoms with E-state index >= 15 is 0 Å². The average Bonchev–Trinajstić information content (AvgIpc) is 2.37. The van der Waals surface area contributed by atoms with E-state index in [4.69, 9.17) is 9.11 Å². The Labute approximate surface area is 121 Å². The molecule has 0 aliphatic rings. The van der Waals surface area contributed by atoms with Crippen molar-refractivity contribution in [2.45, 2.75) is 9.79 Å². The zero-order chi connectivity index (χ0) is 15.7. The Balaban J connectivity index is 2.59. The third-order valence-corrected chi connectivity index (χ3v) is 4.34. The van der Waals surface area contributed by atoms with Crippen molar-refractivity contribution in [1.29, 1.82) is 0 Å². The monoisotopic (exact) mass is 329 g/mol. The summed E-state index contributed by atoms with van der Waals surface area (Å²) in [6.45, 7) is 0. The normalized spacial score (nSPS) is 12.1. The molecule has 0 aliphatic carbocycles. The molecule has 0 aliphatic heterocycles. The number of rotatable bonds is 4. The maximum Gasteiger partial charge on any atom is 0.296 e. The molecule has 112 valence electrons. The third-order valence-electron chi connectivity index (χ3n) is 2.58. The Bertz CT molecular complexity index is 860. The number of hydrogen-bond donors (Lipinski definition) is 3. The number of hydrogen-bond acceptors (Lipinski definition) is 5. The van der Waals surface area contributed by atoms with Crippen molar-refractivity contribution in [3.05, 3.63) is 48.5 Å². The Morgan fingerprint density at radius 1 is 0.810 bits per heavy atom. The largest absolute Gasteiger partial charge is 0.354 e. The Morgan fingerprint density at radius 2 is 1.43 bits per heavy atom. The average molecular weight is 329 g/mol. The van der Waals surface area contributed by atoms with Crippen LogP contribution in [0.25, 0.3) is 0 Å². The molecule has 0 fully saturated rings. The van der Waals surface area contributed by atoms with Crippen LogP contribution >= 0.6 is 0 Å².